The maximum Gasteiger partial charge on any atom is 0.312 e. The second kappa shape index (κ2) is 3.03. The van der Waals surface area contributed by atoms with Gasteiger partial charge in [-0.3, -0.25) is 4.79 Å². The lowest BCUT2D eigenvalue weighted by Crippen LogP contribution is -2.13. The smallest absolute Gasteiger partial charge is 0.312 e. The van der Waals surface area contributed by atoms with Crippen LogP contribution in [0.25, 0.3) is 0 Å². The zero-order chi connectivity index (χ0) is 11.2. The quantitative estimate of drug-likeness (QED) is 0.724. The number of benzene rings is 1. The van der Waals surface area contributed by atoms with Crippen LogP contribution in [-0.4, -0.2) is 25.2 Å². The number of carboxylic acid groups (broad SMARTS) is 1. The third-order valence-corrected chi connectivity index (χ3v) is 4.18. The van der Waals surface area contributed by atoms with Crippen molar-refractivity contribution in [2.75, 3.05) is 5.75 Å². The number of hydrogen-bond donors (Lipinski definition) is 1. The average molecular weight is 230 g/mol. The molecule has 1 aromatic rings. The van der Waals surface area contributed by atoms with Gasteiger partial charge in [0.1, 0.15) is 5.82 Å². The summed E-state index contributed by atoms with van der Waals surface area (Å²) in [5.74, 6) is -3.51. The fraction of sp³-hybridized carbons (Fsp3) is 0.222. The van der Waals surface area contributed by atoms with Crippen LogP contribution in [0.1, 0.15) is 11.5 Å². The van der Waals surface area contributed by atoms with Gasteiger partial charge in [0.15, 0.2) is 9.84 Å². The summed E-state index contributed by atoms with van der Waals surface area (Å²) in [6.07, 6.45) is 0. The van der Waals surface area contributed by atoms with Crippen LogP contribution in [0.4, 0.5) is 4.39 Å². The molecule has 15 heavy (non-hydrogen) atoms. The number of carbonyl (C=O) groups is 1. The van der Waals surface area contributed by atoms with Gasteiger partial charge < -0.3 is 5.11 Å². The number of halogens is 1. The van der Waals surface area contributed by atoms with Crippen LogP contribution in [0.2, 0.25) is 0 Å². The number of rotatable bonds is 1. The highest BCUT2D eigenvalue weighted by Gasteiger charge is 2.39. The molecule has 1 unspecified atom stereocenters. The molecule has 0 radical (unpaired) electrons. The van der Waals surface area contributed by atoms with Crippen molar-refractivity contribution in [1.29, 1.82) is 0 Å². The van der Waals surface area contributed by atoms with E-state index in [2.05, 4.69) is 0 Å². The van der Waals surface area contributed by atoms with Crippen molar-refractivity contribution in [3.63, 3.8) is 0 Å². The molecule has 0 aliphatic carbocycles. The number of aliphatic carboxylic acids is 1. The summed E-state index contributed by atoms with van der Waals surface area (Å²) in [5.41, 5.74) is 0.0440. The Morgan fingerprint density at radius 3 is 2.73 bits per heavy atom. The van der Waals surface area contributed by atoms with E-state index in [1.54, 1.807) is 0 Å². The average Bonchev–Trinajstić information content (AvgIpc) is 2.38. The van der Waals surface area contributed by atoms with Gasteiger partial charge in [-0.2, -0.15) is 0 Å². The predicted molar refractivity (Wildman–Crippen MR) is 48.8 cm³/mol. The highest BCUT2D eigenvalue weighted by molar-refractivity contribution is 7.91. The monoisotopic (exact) mass is 230 g/mol. The molecule has 1 aromatic carbocycles. The zero-order valence-corrected chi connectivity index (χ0v) is 8.29. The number of carboxylic acids is 1. The lowest BCUT2D eigenvalue weighted by Gasteiger charge is -2.02. The van der Waals surface area contributed by atoms with Crippen LogP contribution in [-0.2, 0) is 14.6 Å². The number of sulfone groups is 1. The SMILES string of the molecule is O=C(O)C1CS(=O)(=O)c2ccc(F)cc21. The Morgan fingerprint density at radius 2 is 2.13 bits per heavy atom. The molecule has 0 amide bonds. The molecule has 0 saturated heterocycles. The van der Waals surface area contributed by atoms with Gasteiger partial charge in [0.25, 0.3) is 0 Å². The van der Waals surface area contributed by atoms with E-state index < -0.39 is 33.3 Å². The molecule has 0 aromatic heterocycles. The van der Waals surface area contributed by atoms with E-state index in [1.807, 2.05) is 0 Å². The minimum Gasteiger partial charge on any atom is -0.481 e. The van der Waals surface area contributed by atoms with Gasteiger partial charge in [0.05, 0.1) is 16.6 Å². The first-order valence-electron chi connectivity index (χ1n) is 4.17. The summed E-state index contributed by atoms with van der Waals surface area (Å²) < 4.78 is 35.8. The fourth-order valence-electron chi connectivity index (χ4n) is 1.68. The molecule has 1 aliphatic rings. The zero-order valence-electron chi connectivity index (χ0n) is 7.47. The first kappa shape index (κ1) is 10.1. The Morgan fingerprint density at radius 1 is 1.47 bits per heavy atom. The molecule has 0 fully saturated rings. The van der Waals surface area contributed by atoms with Crippen molar-refractivity contribution in [2.24, 2.45) is 0 Å². The van der Waals surface area contributed by atoms with Gasteiger partial charge in [-0.1, -0.05) is 0 Å². The molecule has 1 aliphatic heterocycles. The van der Waals surface area contributed by atoms with Crippen molar-refractivity contribution in [2.45, 2.75) is 10.8 Å². The Bertz CT molecular complexity index is 535. The molecule has 0 spiro atoms. The Hall–Kier alpha value is -1.43. The lowest BCUT2D eigenvalue weighted by molar-refractivity contribution is -0.138. The Labute approximate surface area is 85.3 Å². The maximum atomic E-state index is 12.9. The highest BCUT2D eigenvalue weighted by Crippen LogP contribution is 2.35. The van der Waals surface area contributed by atoms with E-state index >= 15 is 0 Å². The molecular formula is C9H7FO4S. The number of hydrogen-bond acceptors (Lipinski definition) is 3. The Balaban J connectivity index is 2.69. The van der Waals surface area contributed by atoms with E-state index in [0.717, 1.165) is 18.2 Å². The molecule has 80 valence electrons. The summed E-state index contributed by atoms with van der Waals surface area (Å²) in [6, 6.07) is 3.10. The van der Waals surface area contributed by atoms with Crippen LogP contribution in [0.15, 0.2) is 23.1 Å². The van der Waals surface area contributed by atoms with Crippen LogP contribution in [0.3, 0.4) is 0 Å². The van der Waals surface area contributed by atoms with Crippen molar-refractivity contribution >= 4 is 15.8 Å². The minimum absolute atomic E-state index is 0.0440. The molecule has 4 nitrogen and oxygen atoms in total. The molecule has 0 saturated carbocycles. The van der Waals surface area contributed by atoms with E-state index in [1.165, 1.54) is 0 Å². The normalized spacial score (nSPS) is 22.3. The van der Waals surface area contributed by atoms with Crippen LogP contribution < -0.4 is 0 Å². The second-order valence-corrected chi connectivity index (χ2v) is 5.36. The summed E-state index contributed by atoms with van der Waals surface area (Å²) >= 11 is 0. The standard InChI is InChI=1S/C9H7FO4S/c10-5-1-2-8-6(3-5)7(9(11)12)4-15(8,13)14/h1-3,7H,4H2,(H,11,12). The summed E-state index contributed by atoms with van der Waals surface area (Å²) in [6.45, 7) is 0. The molecule has 6 heteroatoms. The van der Waals surface area contributed by atoms with Gasteiger partial charge in [-0.25, -0.2) is 12.8 Å². The van der Waals surface area contributed by atoms with Crippen molar-refractivity contribution in [3.05, 3.63) is 29.6 Å². The van der Waals surface area contributed by atoms with Gasteiger partial charge in [-0.15, -0.1) is 0 Å². The van der Waals surface area contributed by atoms with Crippen molar-refractivity contribution < 1.29 is 22.7 Å². The molecule has 1 atom stereocenters. The molecular weight excluding hydrogens is 223 g/mol. The van der Waals surface area contributed by atoms with Gasteiger partial charge in [0.2, 0.25) is 0 Å². The molecule has 1 heterocycles. The molecule has 2 rings (SSSR count). The first-order chi connectivity index (χ1) is 6.92. The van der Waals surface area contributed by atoms with E-state index in [4.69, 9.17) is 5.11 Å². The van der Waals surface area contributed by atoms with E-state index in [0.29, 0.717) is 0 Å². The van der Waals surface area contributed by atoms with Crippen LogP contribution in [0, 0.1) is 5.82 Å². The Kier molecular flexibility index (Phi) is 2.04. The van der Waals surface area contributed by atoms with Crippen LogP contribution in [0.5, 0.6) is 0 Å². The topological polar surface area (TPSA) is 71.4 Å². The van der Waals surface area contributed by atoms with E-state index in [9.17, 15) is 17.6 Å². The molecule has 0 bridgehead atoms. The summed E-state index contributed by atoms with van der Waals surface area (Å²) in [7, 11) is -3.56. The minimum atomic E-state index is -3.56. The van der Waals surface area contributed by atoms with Crippen molar-refractivity contribution in [1.82, 2.24) is 0 Å². The molecule has 1 N–H and O–H groups in total. The van der Waals surface area contributed by atoms with Gasteiger partial charge in [0, 0.05) is 0 Å². The van der Waals surface area contributed by atoms with Gasteiger partial charge >= 0.3 is 5.97 Å². The first-order valence-corrected chi connectivity index (χ1v) is 5.82. The van der Waals surface area contributed by atoms with E-state index in [-0.39, 0.29) is 10.5 Å². The fourth-order valence-corrected chi connectivity index (χ4v) is 3.45. The van der Waals surface area contributed by atoms with Crippen LogP contribution >= 0.6 is 0 Å². The van der Waals surface area contributed by atoms with Crippen molar-refractivity contribution in [3.8, 4) is 0 Å². The predicted octanol–water partition coefficient (Wildman–Crippen LogP) is 0.781. The second-order valence-electron chi connectivity index (χ2n) is 3.35. The summed E-state index contributed by atoms with van der Waals surface area (Å²) in [5, 5.41) is 8.80. The highest BCUT2D eigenvalue weighted by atomic mass is 32.2. The maximum absolute atomic E-state index is 12.9. The third-order valence-electron chi connectivity index (χ3n) is 2.37. The number of fused-ring (bicyclic) bond motifs is 1. The largest absolute Gasteiger partial charge is 0.481 e. The third kappa shape index (κ3) is 1.50. The van der Waals surface area contributed by atoms with Gasteiger partial charge in [-0.05, 0) is 23.8 Å². The lowest BCUT2D eigenvalue weighted by atomic mass is 10.0. The summed E-state index contributed by atoms with van der Waals surface area (Å²) in [4.78, 5) is 10.7.